The lowest BCUT2D eigenvalue weighted by Crippen LogP contribution is -2.30. The molecule has 1 fully saturated rings. The number of carbonyl (C=O) groups excluding carboxylic acids is 1. The number of hydrogen-bond donors (Lipinski definition) is 0. The van der Waals surface area contributed by atoms with E-state index in [-0.39, 0.29) is 17.0 Å². The minimum absolute atomic E-state index is 0.0277. The van der Waals surface area contributed by atoms with Crippen LogP contribution in [0.25, 0.3) is 0 Å². The first-order valence-electron chi connectivity index (χ1n) is 7.25. The minimum atomic E-state index is -0.370. The SMILES string of the molecule is Cc1ccc(F)c(C(=O)C2(CC(C)C)CCCC2)c1. The van der Waals surface area contributed by atoms with Crippen molar-refractivity contribution in [1.29, 1.82) is 0 Å². The highest BCUT2D eigenvalue weighted by Gasteiger charge is 2.42. The topological polar surface area (TPSA) is 17.1 Å². The fraction of sp³-hybridized carbons (Fsp3) is 0.588. The average molecular weight is 262 g/mol. The monoisotopic (exact) mass is 262 g/mol. The Morgan fingerprint density at radius 2 is 1.95 bits per heavy atom. The number of hydrogen-bond acceptors (Lipinski definition) is 1. The van der Waals surface area contributed by atoms with Crippen molar-refractivity contribution in [3.8, 4) is 0 Å². The molecule has 19 heavy (non-hydrogen) atoms. The largest absolute Gasteiger partial charge is 0.293 e. The number of Topliss-reactive ketones (excluding diaryl/α,β-unsaturated/α-hetero) is 1. The molecule has 0 heterocycles. The highest BCUT2D eigenvalue weighted by molar-refractivity contribution is 6.01. The van der Waals surface area contributed by atoms with Gasteiger partial charge in [-0.05, 0) is 44.2 Å². The summed E-state index contributed by atoms with van der Waals surface area (Å²) in [6, 6.07) is 4.84. The molecule has 0 aliphatic heterocycles. The summed E-state index contributed by atoms with van der Waals surface area (Å²) in [5.41, 5.74) is 0.924. The maximum atomic E-state index is 14.0. The van der Waals surface area contributed by atoms with E-state index >= 15 is 0 Å². The van der Waals surface area contributed by atoms with Crippen LogP contribution in [0.4, 0.5) is 4.39 Å². The molecule has 0 saturated heterocycles. The van der Waals surface area contributed by atoms with Crippen molar-refractivity contribution in [2.24, 2.45) is 11.3 Å². The summed E-state index contributed by atoms with van der Waals surface area (Å²) >= 11 is 0. The molecular formula is C17H23FO. The van der Waals surface area contributed by atoms with Gasteiger partial charge in [-0.3, -0.25) is 4.79 Å². The highest BCUT2D eigenvalue weighted by atomic mass is 19.1. The van der Waals surface area contributed by atoms with Crippen molar-refractivity contribution < 1.29 is 9.18 Å². The van der Waals surface area contributed by atoms with Crippen molar-refractivity contribution in [3.63, 3.8) is 0 Å². The zero-order chi connectivity index (χ0) is 14.0. The molecule has 1 aromatic carbocycles. The van der Waals surface area contributed by atoms with E-state index < -0.39 is 0 Å². The number of aryl methyl sites for hydroxylation is 1. The van der Waals surface area contributed by atoms with Crippen LogP contribution in [0.2, 0.25) is 0 Å². The highest BCUT2D eigenvalue weighted by Crippen LogP contribution is 2.45. The predicted molar refractivity (Wildman–Crippen MR) is 75.8 cm³/mol. The lowest BCUT2D eigenvalue weighted by Gasteiger charge is -2.29. The van der Waals surface area contributed by atoms with Gasteiger partial charge in [0.05, 0.1) is 5.56 Å². The number of ketones is 1. The van der Waals surface area contributed by atoms with Gasteiger partial charge in [-0.2, -0.15) is 0 Å². The van der Waals surface area contributed by atoms with Crippen molar-refractivity contribution in [1.82, 2.24) is 0 Å². The zero-order valence-corrected chi connectivity index (χ0v) is 12.1. The smallest absolute Gasteiger partial charge is 0.171 e. The van der Waals surface area contributed by atoms with Gasteiger partial charge in [0.25, 0.3) is 0 Å². The van der Waals surface area contributed by atoms with E-state index in [4.69, 9.17) is 0 Å². The van der Waals surface area contributed by atoms with Gasteiger partial charge in [-0.1, -0.05) is 38.3 Å². The molecule has 0 aromatic heterocycles. The van der Waals surface area contributed by atoms with Crippen LogP contribution in [0.5, 0.6) is 0 Å². The third-order valence-corrected chi connectivity index (χ3v) is 4.21. The van der Waals surface area contributed by atoms with Gasteiger partial charge >= 0.3 is 0 Å². The molecule has 0 spiro atoms. The third-order valence-electron chi connectivity index (χ3n) is 4.21. The zero-order valence-electron chi connectivity index (χ0n) is 12.1. The average Bonchev–Trinajstić information content (AvgIpc) is 2.80. The summed E-state index contributed by atoms with van der Waals surface area (Å²) < 4.78 is 14.0. The Labute approximate surface area is 115 Å². The summed E-state index contributed by atoms with van der Waals surface area (Å²) in [7, 11) is 0. The summed E-state index contributed by atoms with van der Waals surface area (Å²) in [5, 5.41) is 0. The second kappa shape index (κ2) is 5.44. The van der Waals surface area contributed by atoms with Crippen molar-refractivity contribution in [2.45, 2.75) is 52.9 Å². The molecule has 1 aliphatic rings. The molecule has 1 nitrogen and oxygen atoms in total. The molecular weight excluding hydrogens is 239 g/mol. The van der Waals surface area contributed by atoms with Crippen LogP contribution in [-0.4, -0.2) is 5.78 Å². The van der Waals surface area contributed by atoms with Gasteiger partial charge in [-0.25, -0.2) is 4.39 Å². The van der Waals surface area contributed by atoms with Crippen LogP contribution in [-0.2, 0) is 0 Å². The molecule has 0 amide bonds. The Kier molecular flexibility index (Phi) is 4.07. The quantitative estimate of drug-likeness (QED) is 0.704. The molecule has 1 aromatic rings. The number of rotatable bonds is 4. The second-order valence-electron chi connectivity index (χ2n) is 6.40. The second-order valence-corrected chi connectivity index (χ2v) is 6.40. The van der Waals surface area contributed by atoms with Crippen molar-refractivity contribution >= 4 is 5.78 Å². The van der Waals surface area contributed by atoms with E-state index in [9.17, 15) is 9.18 Å². The van der Waals surface area contributed by atoms with E-state index in [0.717, 1.165) is 37.7 Å². The van der Waals surface area contributed by atoms with E-state index in [1.165, 1.54) is 6.07 Å². The van der Waals surface area contributed by atoms with Gasteiger partial charge < -0.3 is 0 Å². The van der Waals surface area contributed by atoms with Crippen LogP contribution in [0.3, 0.4) is 0 Å². The Balaban J connectivity index is 2.37. The number of carbonyl (C=O) groups is 1. The molecule has 0 N–H and O–H groups in total. The van der Waals surface area contributed by atoms with Gasteiger partial charge in [0.2, 0.25) is 0 Å². The number of halogens is 1. The maximum Gasteiger partial charge on any atom is 0.171 e. The third kappa shape index (κ3) is 2.88. The summed E-state index contributed by atoms with van der Waals surface area (Å²) in [4.78, 5) is 12.8. The molecule has 0 bridgehead atoms. The van der Waals surface area contributed by atoms with Crippen LogP contribution in [0, 0.1) is 24.1 Å². The first-order chi connectivity index (χ1) is 8.94. The molecule has 104 valence electrons. The molecule has 0 atom stereocenters. The van der Waals surface area contributed by atoms with Gasteiger partial charge in [0.15, 0.2) is 5.78 Å². The van der Waals surface area contributed by atoms with E-state index in [2.05, 4.69) is 13.8 Å². The van der Waals surface area contributed by atoms with Crippen LogP contribution in [0.1, 0.15) is 61.9 Å². The lowest BCUT2D eigenvalue weighted by molar-refractivity contribution is 0.0755. The molecule has 0 radical (unpaired) electrons. The fourth-order valence-corrected chi connectivity index (χ4v) is 3.46. The first-order valence-corrected chi connectivity index (χ1v) is 7.25. The molecule has 2 rings (SSSR count). The predicted octanol–water partition coefficient (Wildman–Crippen LogP) is 4.92. The van der Waals surface area contributed by atoms with E-state index in [0.29, 0.717) is 11.5 Å². The lowest BCUT2D eigenvalue weighted by atomic mass is 9.73. The Morgan fingerprint density at radius 1 is 1.32 bits per heavy atom. The minimum Gasteiger partial charge on any atom is -0.293 e. The Morgan fingerprint density at radius 3 is 2.53 bits per heavy atom. The first kappa shape index (κ1) is 14.2. The van der Waals surface area contributed by atoms with E-state index in [1.807, 2.05) is 6.92 Å². The van der Waals surface area contributed by atoms with Crippen molar-refractivity contribution in [3.05, 3.63) is 35.1 Å². The van der Waals surface area contributed by atoms with Crippen LogP contribution < -0.4 is 0 Å². The maximum absolute atomic E-state index is 14.0. The fourth-order valence-electron chi connectivity index (χ4n) is 3.46. The van der Waals surface area contributed by atoms with Crippen LogP contribution >= 0.6 is 0 Å². The normalized spacial score (nSPS) is 17.9. The standard InChI is InChI=1S/C17H23FO/c1-12(2)11-17(8-4-5-9-17)16(19)14-10-13(3)6-7-15(14)18/h6-7,10,12H,4-5,8-9,11H2,1-3H3. The molecule has 0 unspecified atom stereocenters. The van der Waals surface area contributed by atoms with Gasteiger partial charge in [0.1, 0.15) is 5.82 Å². The van der Waals surface area contributed by atoms with Gasteiger partial charge in [0, 0.05) is 5.41 Å². The Hall–Kier alpha value is -1.18. The molecule has 2 heteroatoms. The Bertz CT molecular complexity index is 470. The van der Waals surface area contributed by atoms with Crippen LogP contribution in [0.15, 0.2) is 18.2 Å². The number of benzene rings is 1. The summed E-state index contributed by atoms with van der Waals surface area (Å²) in [5.74, 6) is 0.125. The van der Waals surface area contributed by atoms with E-state index in [1.54, 1.807) is 12.1 Å². The van der Waals surface area contributed by atoms with Gasteiger partial charge in [-0.15, -0.1) is 0 Å². The molecule has 1 aliphatic carbocycles. The van der Waals surface area contributed by atoms with Crippen molar-refractivity contribution in [2.75, 3.05) is 0 Å². The summed E-state index contributed by atoms with van der Waals surface area (Å²) in [6.45, 7) is 6.18. The summed E-state index contributed by atoms with van der Waals surface area (Å²) in [6.07, 6.45) is 4.88. The molecule has 1 saturated carbocycles.